The number of para-hydroxylation sites is 2. The minimum Gasteiger partial charge on any atom is -0.309 e. The standard InChI is InChI=1S/C71H48N2/c1-70(2)57-30-13-8-23-48(57)51-40-38-44(42-62(51)70)67-54-27-7-6-22-47(54)55-29-18-36-65(69(55)67)73(46-39-41-53-52-26-12-17-35-63(52)72(66(53)43-46)45-20-4-3-5-21-45)64-37-19-34-61-68(64)56-28-11-16-33-60(56)71(61)58-31-14-9-24-49(58)50-25-10-15-32-59(50)71/h3-43,67H,1-2H3/t67-/m0/s1. The second kappa shape index (κ2) is 14.8. The molecule has 0 saturated carbocycles. The van der Waals surface area contributed by atoms with Crippen molar-refractivity contribution < 1.29 is 0 Å². The van der Waals surface area contributed by atoms with Gasteiger partial charge in [0.1, 0.15) is 0 Å². The first-order chi connectivity index (χ1) is 36.0. The van der Waals surface area contributed by atoms with Crippen molar-refractivity contribution in [2.75, 3.05) is 4.90 Å². The highest BCUT2D eigenvalue weighted by molar-refractivity contribution is 6.11. The molecule has 0 unspecified atom stereocenters. The first-order valence-electron chi connectivity index (χ1n) is 25.8. The molecule has 73 heavy (non-hydrogen) atoms. The van der Waals surface area contributed by atoms with Gasteiger partial charge in [0.25, 0.3) is 0 Å². The van der Waals surface area contributed by atoms with Crippen molar-refractivity contribution in [3.63, 3.8) is 0 Å². The Hall–Kier alpha value is -8.98. The highest BCUT2D eigenvalue weighted by Gasteiger charge is 2.52. The highest BCUT2D eigenvalue weighted by atomic mass is 15.2. The molecule has 12 aromatic rings. The van der Waals surface area contributed by atoms with Gasteiger partial charge in [0.15, 0.2) is 0 Å². The number of aromatic nitrogens is 1. The van der Waals surface area contributed by atoms with E-state index in [0.717, 1.165) is 11.4 Å². The first kappa shape index (κ1) is 40.7. The Bertz CT molecular complexity index is 4270. The Balaban J connectivity index is 1.01. The highest BCUT2D eigenvalue weighted by Crippen LogP contribution is 2.65. The lowest BCUT2D eigenvalue weighted by atomic mass is 9.70. The third-order valence-electron chi connectivity index (χ3n) is 17.3. The van der Waals surface area contributed by atoms with Gasteiger partial charge < -0.3 is 9.47 Å². The Morgan fingerprint density at radius 1 is 0.370 bits per heavy atom. The number of benzene rings is 11. The molecule has 0 aliphatic heterocycles. The number of hydrogen-bond acceptors (Lipinski definition) is 1. The average molecular weight is 929 g/mol. The van der Waals surface area contributed by atoms with Gasteiger partial charge >= 0.3 is 0 Å². The normalized spacial score (nSPS) is 15.3. The van der Waals surface area contributed by atoms with Gasteiger partial charge in [-0.2, -0.15) is 0 Å². The van der Waals surface area contributed by atoms with Crippen LogP contribution in [0.15, 0.2) is 249 Å². The summed E-state index contributed by atoms with van der Waals surface area (Å²) in [5.74, 6) is -0.0156. The lowest BCUT2D eigenvalue weighted by molar-refractivity contribution is 0.659. The summed E-state index contributed by atoms with van der Waals surface area (Å²) in [6, 6.07) is 94.2. The third-order valence-corrected chi connectivity index (χ3v) is 17.3. The molecule has 0 bridgehead atoms. The van der Waals surface area contributed by atoms with Gasteiger partial charge in [-0.05, 0) is 131 Å². The predicted octanol–water partition coefficient (Wildman–Crippen LogP) is 18.1. The molecule has 0 radical (unpaired) electrons. The molecule has 0 saturated heterocycles. The van der Waals surface area contributed by atoms with Crippen LogP contribution in [-0.4, -0.2) is 4.57 Å². The SMILES string of the molecule is CC1(C)c2ccccc2-c2ccc([C@H]3c4ccccc4-c4cccc(N(c5ccc6c7ccccc7n(-c7ccccc7)c6c5)c5cccc6c5-c5ccccc5C65c6ccccc6-c6ccccc65)c43)cc21. The van der Waals surface area contributed by atoms with E-state index in [1.54, 1.807) is 0 Å². The summed E-state index contributed by atoms with van der Waals surface area (Å²) in [6.45, 7) is 4.80. The van der Waals surface area contributed by atoms with Crippen molar-refractivity contribution in [2.45, 2.75) is 30.6 Å². The third kappa shape index (κ3) is 5.27. The van der Waals surface area contributed by atoms with Gasteiger partial charge in [-0.25, -0.2) is 0 Å². The van der Waals surface area contributed by atoms with E-state index in [9.17, 15) is 0 Å². The fourth-order valence-corrected chi connectivity index (χ4v) is 14.4. The molecule has 1 heterocycles. The zero-order chi connectivity index (χ0) is 48.2. The van der Waals surface area contributed by atoms with Crippen LogP contribution in [0.25, 0.3) is 72.0 Å². The number of fused-ring (bicyclic) bond motifs is 19. The van der Waals surface area contributed by atoms with E-state index in [0.29, 0.717) is 0 Å². The van der Waals surface area contributed by atoms with Gasteiger partial charge in [-0.15, -0.1) is 0 Å². The minimum atomic E-state index is -0.489. The van der Waals surface area contributed by atoms with Crippen molar-refractivity contribution in [1.29, 1.82) is 0 Å². The fraction of sp³-hybridized carbons (Fsp3) is 0.0704. The second-order valence-corrected chi connectivity index (χ2v) is 21.0. The zero-order valence-corrected chi connectivity index (χ0v) is 40.6. The summed E-state index contributed by atoms with van der Waals surface area (Å²) in [5, 5.41) is 2.47. The maximum Gasteiger partial charge on any atom is 0.0726 e. The largest absolute Gasteiger partial charge is 0.309 e. The molecule has 2 nitrogen and oxygen atoms in total. The zero-order valence-electron chi connectivity index (χ0n) is 40.6. The van der Waals surface area contributed by atoms with Crippen LogP contribution in [0.5, 0.6) is 0 Å². The predicted molar refractivity (Wildman–Crippen MR) is 302 cm³/mol. The van der Waals surface area contributed by atoms with E-state index in [1.165, 1.54) is 128 Å². The van der Waals surface area contributed by atoms with Crippen LogP contribution in [0.1, 0.15) is 69.8 Å². The Morgan fingerprint density at radius 2 is 0.918 bits per heavy atom. The Kier molecular flexibility index (Phi) is 8.25. The van der Waals surface area contributed by atoms with Gasteiger partial charge in [0, 0.05) is 39.0 Å². The van der Waals surface area contributed by atoms with Crippen LogP contribution < -0.4 is 4.90 Å². The molecule has 0 fully saturated rings. The van der Waals surface area contributed by atoms with Crippen molar-refractivity contribution in [3.8, 4) is 50.2 Å². The number of rotatable bonds is 5. The van der Waals surface area contributed by atoms with E-state index >= 15 is 0 Å². The summed E-state index contributed by atoms with van der Waals surface area (Å²) in [4.78, 5) is 2.64. The van der Waals surface area contributed by atoms with Crippen molar-refractivity contribution in [2.24, 2.45) is 0 Å². The van der Waals surface area contributed by atoms with Crippen molar-refractivity contribution in [3.05, 3.63) is 299 Å². The van der Waals surface area contributed by atoms with E-state index in [4.69, 9.17) is 0 Å². The number of nitrogens with zero attached hydrogens (tertiary/aromatic N) is 2. The molecule has 0 amide bonds. The molecule has 2 heteroatoms. The molecular formula is C71H48N2. The molecule has 1 aromatic heterocycles. The quantitative estimate of drug-likeness (QED) is 0.167. The van der Waals surface area contributed by atoms with E-state index < -0.39 is 5.41 Å². The molecular weight excluding hydrogens is 881 g/mol. The summed E-state index contributed by atoms with van der Waals surface area (Å²) < 4.78 is 2.46. The molecule has 342 valence electrons. The van der Waals surface area contributed by atoms with Gasteiger partial charge in [0.05, 0.1) is 27.8 Å². The van der Waals surface area contributed by atoms with Crippen LogP contribution >= 0.6 is 0 Å². The summed E-state index contributed by atoms with van der Waals surface area (Å²) in [5.41, 5.74) is 28.9. The average Bonchev–Trinajstić information content (AvgIpc) is 4.21. The molecule has 4 aliphatic carbocycles. The topological polar surface area (TPSA) is 8.17 Å². The molecule has 0 N–H and O–H groups in total. The molecule has 1 spiro atoms. The van der Waals surface area contributed by atoms with E-state index in [1.807, 2.05) is 0 Å². The molecule has 11 aromatic carbocycles. The number of anilines is 3. The molecule has 1 atom stereocenters. The van der Waals surface area contributed by atoms with E-state index in [-0.39, 0.29) is 11.3 Å². The molecule has 4 aliphatic rings. The summed E-state index contributed by atoms with van der Waals surface area (Å²) in [7, 11) is 0. The lowest BCUT2D eigenvalue weighted by Gasteiger charge is -2.33. The van der Waals surface area contributed by atoms with Crippen LogP contribution in [0.2, 0.25) is 0 Å². The Morgan fingerprint density at radius 3 is 1.68 bits per heavy atom. The maximum atomic E-state index is 2.64. The summed E-state index contributed by atoms with van der Waals surface area (Å²) >= 11 is 0. The van der Waals surface area contributed by atoms with Gasteiger partial charge in [-0.1, -0.05) is 220 Å². The molecule has 16 rings (SSSR count). The van der Waals surface area contributed by atoms with Crippen LogP contribution in [-0.2, 0) is 10.8 Å². The lowest BCUT2D eigenvalue weighted by Crippen LogP contribution is -2.26. The van der Waals surface area contributed by atoms with Crippen molar-refractivity contribution in [1.82, 2.24) is 4.57 Å². The van der Waals surface area contributed by atoms with Crippen LogP contribution in [0.3, 0.4) is 0 Å². The second-order valence-electron chi connectivity index (χ2n) is 21.0. The summed E-state index contributed by atoms with van der Waals surface area (Å²) in [6.07, 6.45) is 0. The smallest absolute Gasteiger partial charge is 0.0726 e. The monoisotopic (exact) mass is 928 g/mol. The van der Waals surface area contributed by atoms with Crippen molar-refractivity contribution >= 4 is 38.9 Å². The van der Waals surface area contributed by atoms with Gasteiger partial charge in [0.2, 0.25) is 0 Å². The van der Waals surface area contributed by atoms with Crippen LogP contribution in [0.4, 0.5) is 17.1 Å². The number of hydrogen-bond donors (Lipinski definition) is 0. The minimum absolute atomic E-state index is 0.0156. The van der Waals surface area contributed by atoms with Crippen LogP contribution in [0, 0.1) is 0 Å². The van der Waals surface area contributed by atoms with E-state index in [2.05, 4.69) is 272 Å². The van der Waals surface area contributed by atoms with Gasteiger partial charge in [-0.3, -0.25) is 0 Å². The Labute approximate surface area is 425 Å². The first-order valence-corrected chi connectivity index (χ1v) is 25.8. The maximum absolute atomic E-state index is 2.64. The fourth-order valence-electron chi connectivity index (χ4n) is 14.4.